The Morgan fingerprint density at radius 2 is 1.88 bits per heavy atom. The number of nitrogens with one attached hydrogen (secondary N) is 4. The third-order valence-electron chi connectivity index (χ3n) is 4.37. The van der Waals surface area contributed by atoms with Gasteiger partial charge in [-0.15, -0.1) is 0 Å². The van der Waals surface area contributed by atoms with Crippen LogP contribution in [-0.4, -0.2) is 46.4 Å². The highest BCUT2D eigenvalue weighted by molar-refractivity contribution is 7.89. The molecule has 4 N–H and O–H groups in total. The summed E-state index contributed by atoms with van der Waals surface area (Å²) in [6.07, 6.45) is 0. The molecule has 9 heteroatoms. The Labute approximate surface area is 147 Å². The maximum atomic E-state index is 12.3. The molecule has 0 radical (unpaired) electrons. The van der Waals surface area contributed by atoms with Gasteiger partial charge in [-0.2, -0.15) is 0 Å². The Hall–Kier alpha value is -1.97. The lowest BCUT2D eigenvalue weighted by atomic mass is 9.88. The zero-order chi connectivity index (χ0) is 18.6. The van der Waals surface area contributed by atoms with Gasteiger partial charge in [0.1, 0.15) is 6.04 Å². The summed E-state index contributed by atoms with van der Waals surface area (Å²) in [7, 11) is -2.27. The highest BCUT2D eigenvalue weighted by Gasteiger charge is 2.30. The molecule has 0 aliphatic carbocycles. The average Bonchev–Trinajstić information content (AvgIpc) is 2.53. The first-order valence-electron chi connectivity index (χ1n) is 8.10. The highest BCUT2D eigenvalue weighted by Crippen LogP contribution is 2.17. The standard InChI is InChI=1S/C16H24N4O4S/c1-10(12-8-18-9-12)15(21)19-11(2)16(22)20-13-5-4-6-14(7-13)25(23,24)17-3/h4-7,10-12,17-18H,8-9H2,1-3H3,(H,19,21)(H,20,22). The number of sulfonamides is 1. The summed E-state index contributed by atoms with van der Waals surface area (Å²) >= 11 is 0. The predicted octanol–water partition coefficient (Wildman–Crippen LogP) is -0.107. The average molecular weight is 368 g/mol. The lowest BCUT2D eigenvalue weighted by Crippen LogP contribution is -2.52. The van der Waals surface area contributed by atoms with Crippen molar-refractivity contribution in [2.45, 2.75) is 24.8 Å². The summed E-state index contributed by atoms with van der Waals surface area (Å²) < 4.78 is 25.8. The smallest absolute Gasteiger partial charge is 0.246 e. The number of hydrogen-bond donors (Lipinski definition) is 4. The molecule has 1 fully saturated rings. The molecule has 138 valence electrons. The maximum Gasteiger partial charge on any atom is 0.246 e. The van der Waals surface area contributed by atoms with E-state index < -0.39 is 22.0 Å². The zero-order valence-corrected chi connectivity index (χ0v) is 15.3. The van der Waals surface area contributed by atoms with Gasteiger partial charge in [0.05, 0.1) is 4.90 Å². The van der Waals surface area contributed by atoms with Gasteiger partial charge < -0.3 is 16.0 Å². The molecule has 0 aromatic heterocycles. The number of carbonyl (C=O) groups is 2. The molecule has 25 heavy (non-hydrogen) atoms. The van der Waals surface area contributed by atoms with E-state index in [4.69, 9.17) is 0 Å². The second-order valence-electron chi connectivity index (χ2n) is 6.16. The van der Waals surface area contributed by atoms with E-state index in [9.17, 15) is 18.0 Å². The molecule has 2 unspecified atom stereocenters. The Kier molecular flexibility index (Phi) is 6.15. The molecule has 0 bridgehead atoms. The monoisotopic (exact) mass is 368 g/mol. The molecule has 0 spiro atoms. The molecular weight excluding hydrogens is 344 g/mol. The van der Waals surface area contributed by atoms with Gasteiger partial charge in [0.15, 0.2) is 0 Å². The Morgan fingerprint density at radius 1 is 1.20 bits per heavy atom. The molecule has 1 aliphatic rings. The molecule has 1 aromatic rings. The number of benzene rings is 1. The summed E-state index contributed by atoms with van der Waals surface area (Å²) in [6, 6.07) is 5.19. The van der Waals surface area contributed by atoms with E-state index in [1.807, 2.05) is 6.92 Å². The lowest BCUT2D eigenvalue weighted by Gasteiger charge is -2.32. The molecular formula is C16H24N4O4S. The summed E-state index contributed by atoms with van der Waals surface area (Å²) in [5, 5.41) is 8.43. The van der Waals surface area contributed by atoms with Gasteiger partial charge in [-0.3, -0.25) is 9.59 Å². The van der Waals surface area contributed by atoms with E-state index >= 15 is 0 Å². The van der Waals surface area contributed by atoms with Crippen LogP contribution in [0.3, 0.4) is 0 Å². The fourth-order valence-corrected chi connectivity index (χ4v) is 3.17. The minimum Gasteiger partial charge on any atom is -0.344 e. The normalized spacial score (nSPS) is 17.2. The zero-order valence-electron chi connectivity index (χ0n) is 14.5. The fourth-order valence-electron chi connectivity index (χ4n) is 2.40. The van der Waals surface area contributed by atoms with Crippen molar-refractivity contribution in [3.63, 3.8) is 0 Å². The van der Waals surface area contributed by atoms with Crippen LogP contribution in [0.25, 0.3) is 0 Å². The van der Waals surface area contributed by atoms with Crippen molar-refractivity contribution in [1.29, 1.82) is 0 Å². The van der Waals surface area contributed by atoms with E-state index in [1.165, 1.54) is 25.2 Å². The first-order chi connectivity index (χ1) is 11.7. The number of amides is 2. The van der Waals surface area contributed by atoms with Gasteiger partial charge in [0.25, 0.3) is 0 Å². The Balaban J connectivity index is 1.97. The van der Waals surface area contributed by atoms with Crippen LogP contribution >= 0.6 is 0 Å². The van der Waals surface area contributed by atoms with Crippen LogP contribution in [-0.2, 0) is 19.6 Å². The van der Waals surface area contributed by atoms with Crippen LogP contribution in [0.2, 0.25) is 0 Å². The van der Waals surface area contributed by atoms with Crippen molar-refractivity contribution in [2.75, 3.05) is 25.5 Å². The fraction of sp³-hybridized carbons (Fsp3) is 0.500. The molecule has 8 nitrogen and oxygen atoms in total. The van der Waals surface area contributed by atoms with Crippen LogP contribution in [0.1, 0.15) is 13.8 Å². The topological polar surface area (TPSA) is 116 Å². The van der Waals surface area contributed by atoms with Gasteiger partial charge in [0.2, 0.25) is 21.8 Å². The molecule has 1 saturated heterocycles. The first-order valence-corrected chi connectivity index (χ1v) is 9.58. The van der Waals surface area contributed by atoms with Crippen LogP contribution in [0.15, 0.2) is 29.2 Å². The van der Waals surface area contributed by atoms with Crippen molar-refractivity contribution >= 4 is 27.5 Å². The summed E-state index contributed by atoms with van der Waals surface area (Å²) in [5.41, 5.74) is 0.346. The van der Waals surface area contributed by atoms with Crippen molar-refractivity contribution < 1.29 is 18.0 Å². The molecule has 1 aromatic carbocycles. The van der Waals surface area contributed by atoms with E-state index in [0.717, 1.165) is 13.1 Å². The van der Waals surface area contributed by atoms with E-state index in [-0.39, 0.29) is 16.7 Å². The van der Waals surface area contributed by atoms with Gasteiger partial charge in [-0.25, -0.2) is 13.1 Å². The SMILES string of the molecule is CNS(=O)(=O)c1cccc(NC(=O)C(C)NC(=O)C(C)C2CNC2)c1. The van der Waals surface area contributed by atoms with E-state index in [1.54, 1.807) is 13.0 Å². The van der Waals surface area contributed by atoms with E-state index in [0.29, 0.717) is 11.6 Å². The molecule has 2 rings (SSSR count). The van der Waals surface area contributed by atoms with Gasteiger partial charge in [0, 0.05) is 11.6 Å². The quantitative estimate of drug-likeness (QED) is 0.536. The molecule has 1 aliphatic heterocycles. The Morgan fingerprint density at radius 3 is 2.44 bits per heavy atom. The predicted molar refractivity (Wildman–Crippen MR) is 94.4 cm³/mol. The van der Waals surface area contributed by atoms with Crippen molar-refractivity contribution in [3.05, 3.63) is 24.3 Å². The molecule has 2 amide bonds. The minimum absolute atomic E-state index is 0.0515. The molecule has 0 saturated carbocycles. The number of rotatable bonds is 7. The van der Waals surface area contributed by atoms with Crippen molar-refractivity contribution in [2.24, 2.45) is 11.8 Å². The van der Waals surface area contributed by atoms with E-state index in [2.05, 4.69) is 20.7 Å². The third kappa shape index (κ3) is 4.77. The van der Waals surface area contributed by atoms with Gasteiger partial charge in [-0.05, 0) is 51.2 Å². The third-order valence-corrected chi connectivity index (χ3v) is 5.78. The Bertz CT molecular complexity index is 746. The van der Waals surface area contributed by atoms with Crippen molar-refractivity contribution in [3.8, 4) is 0 Å². The van der Waals surface area contributed by atoms with Crippen LogP contribution < -0.4 is 20.7 Å². The summed E-state index contributed by atoms with van der Waals surface area (Å²) in [4.78, 5) is 24.5. The summed E-state index contributed by atoms with van der Waals surface area (Å²) in [5.74, 6) is -0.453. The van der Waals surface area contributed by atoms with Crippen LogP contribution in [0.5, 0.6) is 0 Å². The summed E-state index contributed by atoms with van der Waals surface area (Å²) in [6.45, 7) is 5.05. The second-order valence-corrected chi connectivity index (χ2v) is 8.05. The van der Waals surface area contributed by atoms with Crippen LogP contribution in [0, 0.1) is 11.8 Å². The second kappa shape index (κ2) is 7.94. The van der Waals surface area contributed by atoms with Gasteiger partial charge >= 0.3 is 0 Å². The van der Waals surface area contributed by atoms with Crippen molar-refractivity contribution in [1.82, 2.24) is 15.4 Å². The first kappa shape index (κ1) is 19.4. The van der Waals surface area contributed by atoms with Gasteiger partial charge in [-0.1, -0.05) is 13.0 Å². The largest absolute Gasteiger partial charge is 0.344 e. The van der Waals surface area contributed by atoms with Crippen LogP contribution in [0.4, 0.5) is 5.69 Å². The highest BCUT2D eigenvalue weighted by atomic mass is 32.2. The number of carbonyl (C=O) groups excluding carboxylic acids is 2. The molecule has 2 atom stereocenters. The number of anilines is 1. The maximum absolute atomic E-state index is 12.3. The molecule has 1 heterocycles. The minimum atomic E-state index is -3.59. The number of hydrogen-bond acceptors (Lipinski definition) is 5. The lowest BCUT2D eigenvalue weighted by molar-refractivity contribution is -0.130.